The maximum absolute atomic E-state index is 12.6. The van der Waals surface area contributed by atoms with Gasteiger partial charge in [-0.3, -0.25) is 4.79 Å². The summed E-state index contributed by atoms with van der Waals surface area (Å²) < 4.78 is 15.9. The molecule has 2 fully saturated rings. The first-order valence-electron chi connectivity index (χ1n) is 9.42. The number of likely N-dealkylation sites (tertiary alicyclic amines) is 1. The Labute approximate surface area is 157 Å². The lowest BCUT2D eigenvalue weighted by Gasteiger charge is -2.18. The van der Waals surface area contributed by atoms with Gasteiger partial charge in [-0.15, -0.1) is 0 Å². The first kappa shape index (κ1) is 17.9. The summed E-state index contributed by atoms with van der Waals surface area (Å²) in [5.74, 6) is 2.63. The quantitative estimate of drug-likeness (QED) is 0.793. The minimum Gasteiger partial charge on any atom is -0.481 e. The second-order valence-electron chi connectivity index (χ2n) is 7.13. The molecule has 0 aliphatic carbocycles. The Morgan fingerprint density at radius 3 is 2.89 bits per heavy atom. The molecule has 0 aromatic carbocycles. The second kappa shape index (κ2) is 8.04. The molecule has 0 bridgehead atoms. The van der Waals surface area contributed by atoms with Crippen LogP contribution in [0.25, 0.3) is 0 Å². The molecule has 4 heterocycles. The van der Waals surface area contributed by atoms with Crippen molar-refractivity contribution < 1.29 is 18.8 Å². The van der Waals surface area contributed by atoms with Gasteiger partial charge < -0.3 is 18.9 Å². The smallest absolute Gasteiger partial charge is 0.255 e. The monoisotopic (exact) mass is 372 g/mol. The summed E-state index contributed by atoms with van der Waals surface area (Å²) in [7, 11) is 1.56. The van der Waals surface area contributed by atoms with Crippen LogP contribution in [0, 0.1) is 5.92 Å². The summed E-state index contributed by atoms with van der Waals surface area (Å²) in [6, 6.07) is 3.46. The SMILES string of the molecule is COc1ccc(C(=O)N2CCC(Cc3noc(C4CCOCC4)n3)C2)cn1. The maximum Gasteiger partial charge on any atom is 0.255 e. The van der Waals surface area contributed by atoms with E-state index in [0.717, 1.165) is 57.2 Å². The van der Waals surface area contributed by atoms with Crippen LogP contribution in [0.1, 0.15) is 47.3 Å². The molecule has 1 amide bonds. The number of rotatable bonds is 5. The molecule has 4 rings (SSSR count). The fourth-order valence-corrected chi connectivity index (χ4v) is 3.71. The van der Waals surface area contributed by atoms with E-state index in [9.17, 15) is 4.79 Å². The Bertz CT molecular complexity index is 770. The number of aromatic nitrogens is 3. The van der Waals surface area contributed by atoms with Crippen molar-refractivity contribution in [1.82, 2.24) is 20.0 Å². The maximum atomic E-state index is 12.6. The van der Waals surface area contributed by atoms with Crippen molar-refractivity contribution >= 4 is 5.91 Å². The molecule has 0 radical (unpaired) electrons. The van der Waals surface area contributed by atoms with E-state index in [2.05, 4.69) is 15.1 Å². The van der Waals surface area contributed by atoms with Crippen LogP contribution in [0.15, 0.2) is 22.9 Å². The summed E-state index contributed by atoms with van der Waals surface area (Å²) in [4.78, 5) is 23.2. The molecular weight excluding hydrogens is 348 g/mol. The Hall–Kier alpha value is -2.48. The summed E-state index contributed by atoms with van der Waals surface area (Å²) in [5.41, 5.74) is 0.581. The van der Waals surface area contributed by atoms with E-state index in [1.807, 2.05) is 4.90 Å². The second-order valence-corrected chi connectivity index (χ2v) is 7.13. The van der Waals surface area contributed by atoms with Crippen LogP contribution >= 0.6 is 0 Å². The first-order valence-corrected chi connectivity index (χ1v) is 9.42. The number of carbonyl (C=O) groups is 1. The molecule has 8 heteroatoms. The van der Waals surface area contributed by atoms with Crippen molar-refractivity contribution in [3.8, 4) is 5.88 Å². The molecule has 27 heavy (non-hydrogen) atoms. The summed E-state index contributed by atoms with van der Waals surface area (Å²) in [6.07, 6.45) is 5.11. The minimum absolute atomic E-state index is 0.00339. The minimum atomic E-state index is 0.00339. The van der Waals surface area contributed by atoms with Gasteiger partial charge in [-0.2, -0.15) is 4.98 Å². The number of hydrogen-bond donors (Lipinski definition) is 0. The third-order valence-electron chi connectivity index (χ3n) is 5.29. The van der Waals surface area contributed by atoms with Gasteiger partial charge in [-0.25, -0.2) is 4.98 Å². The number of amides is 1. The van der Waals surface area contributed by atoms with Crippen molar-refractivity contribution in [3.05, 3.63) is 35.6 Å². The van der Waals surface area contributed by atoms with Gasteiger partial charge in [-0.1, -0.05) is 5.16 Å². The molecule has 2 aliphatic rings. The van der Waals surface area contributed by atoms with Crippen LogP contribution in [0.4, 0.5) is 0 Å². The van der Waals surface area contributed by atoms with Gasteiger partial charge in [0.15, 0.2) is 5.82 Å². The molecule has 2 aromatic heterocycles. The van der Waals surface area contributed by atoms with Crippen LogP contribution in [-0.2, 0) is 11.2 Å². The summed E-state index contributed by atoms with van der Waals surface area (Å²) >= 11 is 0. The highest BCUT2D eigenvalue weighted by Gasteiger charge is 2.29. The average molecular weight is 372 g/mol. The van der Waals surface area contributed by atoms with E-state index in [-0.39, 0.29) is 5.91 Å². The van der Waals surface area contributed by atoms with Gasteiger partial charge in [0.25, 0.3) is 5.91 Å². The van der Waals surface area contributed by atoms with Crippen molar-refractivity contribution in [2.24, 2.45) is 5.92 Å². The summed E-state index contributed by atoms with van der Waals surface area (Å²) in [6.45, 7) is 2.94. The zero-order valence-electron chi connectivity index (χ0n) is 15.5. The van der Waals surface area contributed by atoms with Crippen LogP contribution in [-0.4, -0.2) is 59.3 Å². The highest BCUT2D eigenvalue weighted by molar-refractivity contribution is 5.94. The summed E-state index contributed by atoms with van der Waals surface area (Å²) in [5, 5.41) is 4.15. The lowest BCUT2D eigenvalue weighted by molar-refractivity contribution is 0.0778. The van der Waals surface area contributed by atoms with Crippen molar-refractivity contribution in [1.29, 1.82) is 0 Å². The molecule has 2 aromatic rings. The number of carbonyl (C=O) groups excluding carboxylic acids is 1. The van der Waals surface area contributed by atoms with Gasteiger partial charge >= 0.3 is 0 Å². The lowest BCUT2D eigenvalue weighted by atomic mass is 10.0. The Balaban J connectivity index is 1.32. The van der Waals surface area contributed by atoms with Crippen molar-refractivity contribution in [2.45, 2.75) is 31.6 Å². The molecule has 0 saturated carbocycles. The number of methoxy groups -OCH3 is 1. The third kappa shape index (κ3) is 4.10. The lowest BCUT2D eigenvalue weighted by Crippen LogP contribution is -2.29. The predicted molar refractivity (Wildman–Crippen MR) is 95.6 cm³/mol. The molecule has 2 saturated heterocycles. The predicted octanol–water partition coefficient (Wildman–Crippen LogP) is 2.07. The molecule has 8 nitrogen and oxygen atoms in total. The molecular formula is C19H24N4O4. The molecule has 1 unspecified atom stereocenters. The van der Waals surface area contributed by atoms with E-state index in [0.29, 0.717) is 29.8 Å². The third-order valence-corrected chi connectivity index (χ3v) is 5.29. The van der Waals surface area contributed by atoms with E-state index in [1.165, 1.54) is 0 Å². The van der Waals surface area contributed by atoms with Crippen LogP contribution in [0.5, 0.6) is 5.88 Å². The van der Waals surface area contributed by atoms with E-state index in [1.54, 1.807) is 25.4 Å². The van der Waals surface area contributed by atoms with Gasteiger partial charge in [0.05, 0.1) is 12.7 Å². The van der Waals surface area contributed by atoms with Crippen LogP contribution < -0.4 is 4.74 Å². The van der Waals surface area contributed by atoms with Gasteiger partial charge in [0, 0.05) is 50.9 Å². The van der Waals surface area contributed by atoms with E-state index < -0.39 is 0 Å². The number of nitrogens with zero attached hydrogens (tertiary/aromatic N) is 4. The Morgan fingerprint density at radius 1 is 1.30 bits per heavy atom. The van der Waals surface area contributed by atoms with E-state index in [4.69, 9.17) is 14.0 Å². The normalized spacial score (nSPS) is 20.8. The fourth-order valence-electron chi connectivity index (χ4n) is 3.71. The van der Waals surface area contributed by atoms with E-state index >= 15 is 0 Å². The zero-order valence-corrected chi connectivity index (χ0v) is 15.5. The van der Waals surface area contributed by atoms with Gasteiger partial charge in [0.2, 0.25) is 11.8 Å². The Kier molecular flexibility index (Phi) is 5.33. The largest absolute Gasteiger partial charge is 0.481 e. The number of ether oxygens (including phenoxy) is 2. The molecule has 0 N–H and O–H groups in total. The molecule has 0 spiro atoms. The molecule has 144 valence electrons. The number of hydrogen-bond acceptors (Lipinski definition) is 7. The highest BCUT2D eigenvalue weighted by Crippen LogP contribution is 2.27. The zero-order chi connectivity index (χ0) is 18.6. The van der Waals surface area contributed by atoms with Crippen LogP contribution in [0.2, 0.25) is 0 Å². The molecule has 1 atom stereocenters. The topological polar surface area (TPSA) is 90.6 Å². The average Bonchev–Trinajstić information content (AvgIpc) is 3.38. The fraction of sp³-hybridized carbons (Fsp3) is 0.579. The van der Waals surface area contributed by atoms with Crippen molar-refractivity contribution in [3.63, 3.8) is 0 Å². The standard InChI is InChI=1S/C19H24N4O4/c1-25-17-3-2-15(11-20-17)19(24)23-7-4-13(12-23)10-16-21-18(27-22-16)14-5-8-26-9-6-14/h2-3,11,13-14H,4-10,12H2,1H3. The van der Waals surface area contributed by atoms with Crippen LogP contribution in [0.3, 0.4) is 0 Å². The van der Waals surface area contributed by atoms with Gasteiger partial charge in [-0.05, 0) is 31.2 Å². The van der Waals surface area contributed by atoms with Gasteiger partial charge in [0.1, 0.15) is 0 Å². The number of pyridine rings is 1. The Morgan fingerprint density at radius 2 is 2.15 bits per heavy atom. The first-order chi connectivity index (χ1) is 13.2. The molecule has 2 aliphatic heterocycles. The highest BCUT2D eigenvalue weighted by atomic mass is 16.5. The van der Waals surface area contributed by atoms with Crippen molar-refractivity contribution in [2.75, 3.05) is 33.4 Å².